The Balaban J connectivity index is 1.87. The maximum atomic E-state index is 12.4. The van der Waals surface area contributed by atoms with Crippen LogP contribution in [0.15, 0.2) is 18.2 Å². The van der Waals surface area contributed by atoms with E-state index >= 15 is 0 Å². The molecule has 0 aromatic carbocycles. The van der Waals surface area contributed by atoms with Crippen molar-refractivity contribution in [3.63, 3.8) is 0 Å². The van der Waals surface area contributed by atoms with Gasteiger partial charge in [0.15, 0.2) is 0 Å². The number of anilines is 1. The lowest BCUT2D eigenvalue weighted by Crippen LogP contribution is -2.50. The second kappa shape index (κ2) is 3.91. The second-order valence-electron chi connectivity index (χ2n) is 4.55. The van der Waals surface area contributed by atoms with E-state index in [1.165, 1.54) is 6.42 Å². The zero-order valence-electron chi connectivity index (χ0n) is 9.56. The van der Waals surface area contributed by atoms with Gasteiger partial charge in [-0.3, -0.25) is 4.79 Å². The van der Waals surface area contributed by atoms with E-state index in [-0.39, 0.29) is 10.8 Å². The quantitative estimate of drug-likeness (QED) is 0.823. The number of nitrogen functional groups attached to an aromatic ring is 1. The Morgan fingerprint density at radius 1 is 1.47 bits per heavy atom. The number of rotatable bonds is 1. The number of aromatic nitrogens is 1. The van der Waals surface area contributed by atoms with Gasteiger partial charge in [-0.15, -0.1) is 11.8 Å². The summed E-state index contributed by atoms with van der Waals surface area (Å²) in [5, 5.41) is 0. The highest BCUT2D eigenvalue weighted by Crippen LogP contribution is 2.50. The lowest BCUT2D eigenvalue weighted by molar-refractivity contribution is 0.0554. The third kappa shape index (κ3) is 1.69. The van der Waals surface area contributed by atoms with E-state index in [0.29, 0.717) is 11.5 Å². The highest BCUT2D eigenvalue weighted by atomic mass is 32.2. The molecule has 1 aliphatic heterocycles. The van der Waals surface area contributed by atoms with Crippen LogP contribution in [-0.4, -0.2) is 33.0 Å². The van der Waals surface area contributed by atoms with Crippen LogP contribution in [0.3, 0.4) is 0 Å². The van der Waals surface area contributed by atoms with E-state index in [0.717, 1.165) is 25.1 Å². The number of carbonyl (C=O) groups excluding carboxylic acids is 1. The third-order valence-electron chi connectivity index (χ3n) is 3.55. The standard InChI is InChI=1S/C12H15N3OS/c13-10-4-1-3-9(14-10)11(16)15-7-8-17-12(15)5-2-6-12/h1,3-4H,2,5-8H2,(H2,13,14). The Bertz CT molecular complexity index is 459. The summed E-state index contributed by atoms with van der Waals surface area (Å²) in [7, 11) is 0. The second-order valence-corrected chi connectivity index (χ2v) is 6.01. The molecule has 0 unspecified atom stereocenters. The van der Waals surface area contributed by atoms with Gasteiger partial charge >= 0.3 is 0 Å². The molecular weight excluding hydrogens is 234 g/mol. The number of pyridine rings is 1. The summed E-state index contributed by atoms with van der Waals surface area (Å²) in [5.74, 6) is 1.47. The van der Waals surface area contributed by atoms with Crippen molar-refractivity contribution in [2.75, 3.05) is 18.0 Å². The molecule has 2 fully saturated rings. The number of carbonyl (C=O) groups is 1. The van der Waals surface area contributed by atoms with Gasteiger partial charge in [0.2, 0.25) is 0 Å². The first-order valence-corrected chi connectivity index (χ1v) is 6.88. The Kier molecular flexibility index (Phi) is 2.50. The first-order chi connectivity index (χ1) is 8.21. The lowest BCUT2D eigenvalue weighted by Gasteiger charge is -2.44. The van der Waals surface area contributed by atoms with Crippen LogP contribution in [0.4, 0.5) is 5.82 Å². The van der Waals surface area contributed by atoms with E-state index in [2.05, 4.69) is 4.98 Å². The van der Waals surface area contributed by atoms with Crippen LogP contribution in [0.1, 0.15) is 29.8 Å². The van der Waals surface area contributed by atoms with Gasteiger partial charge in [0.1, 0.15) is 11.5 Å². The number of amides is 1. The van der Waals surface area contributed by atoms with Gasteiger partial charge in [0.25, 0.3) is 5.91 Å². The predicted molar refractivity (Wildman–Crippen MR) is 68.7 cm³/mol. The molecule has 5 heteroatoms. The average molecular weight is 249 g/mol. The van der Waals surface area contributed by atoms with E-state index in [4.69, 9.17) is 5.73 Å². The van der Waals surface area contributed by atoms with Crippen molar-refractivity contribution in [2.24, 2.45) is 0 Å². The van der Waals surface area contributed by atoms with E-state index < -0.39 is 0 Å². The maximum absolute atomic E-state index is 12.4. The highest BCUT2D eigenvalue weighted by Gasteiger charge is 2.49. The van der Waals surface area contributed by atoms with Gasteiger partial charge in [-0.05, 0) is 31.4 Å². The number of hydrogen-bond acceptors (Lipinski definition) is 4. The Morgan fingerprint density at radius 3 is 2.94 bits per heavy atom. The van der Waals surface area contributed by atoms with Crippen LogP contribution < -0.4 is 5.73 Å². The fourth-order valence-electron chi connectivity index (χ4n) is 2.50. The smallest absolute Gasteiger partial charge is 0.273 e. The minimum atomic E-state index is 0.0296. The lowest BCUT2D eigenvalue weighted by atomic mass is 9.90. The van der Waals surface area contributed by atoms with Crippen molar-refractivity contribution >= 4 is 23.5 Å². The van der Waals surface area contributed by atoms with E-state index in [1.54, 1.807) is 18.2 Å². The van der Waals surface area contributed by atoms with Crippen molar-refractivity contribution in [1.82, 2.24) is 9.88 Å². The maximum Gasteiger partial charge on any atom is 0.273 e. The minimum Gasteiger partial charge on any atom is -0.384 e. The third-order valence-corrected chi connectivity index (χ3v) is 5.10. The minimum absolute atomic E-state index is 0.0296. The fourth-order valence-corrected chi connectivity index (χ4v) is 4.06. The Labute approximate surface area is 105 Å². The summed E-state index contributed by atoms with van der Waals surface area (Å²) in [6.45, 7) is 0.833. The van der Waals surface area contributed by atoms with Crippen LogP contribution in [0.2, 0.25) is 0 Å². The monoisotopic (exact) mass is 249 g/mol. The summed E-state index contributed by atoms with van der Waals surface area (Å²) < 4.78 is 0. The zero-order chi connectivity index (χ0) is 11.9. The number of hydrogen-bond donors (Lipinski definition) is 1. The molecule has 90 valence electrons. The van der Waals surface area contributed by atoms with Crippen molar-refractivity contribution in [2.45, 2.75) is 24.1 Å². The highest BCUT2D eigenvalue weighted by molar-refractivity contribution is 8.00. The SMILES string of the molecule is Nc1cccc(C(=O)N2CCSC23CCC3)n1. The van der Waals surface area contributed by atoms with Gasteiger partial charge in [-0.25, -0.2) is 4.98 Å². The molecule has 1 saturated carbocycles. The molecule has 1 saturated heterocycles. The zero-order valence-corrected chi connectivity index (χ0v) is 10.4. The van der Waals surface area contributed by atoms with E-state index in [9.17, 15) is 4.79 Å². The molecule has 0 atom stereocenters. The Morgan fingerprint density at radius 2 is 2.29 bits per heavy atom. The molecule has 4 nitrogen and oxygen atoms in total. The molecule has 2 aliphatic rings. The molecular formula is C12H15N3OS. The summed E-state index contributed by atoms with van der Waals surface area (Å²) in [5.41, 5.74) is 6.09. The van der Waals surface area contributed by atoms with Gasteiger partial charge in [-0.2, -0.15) is 0 Å². The van der Waals surface area contributed by atoms with Gasteiger partial charge < -0.3 is 10.6 Å². The molecule has 1 aliphatic carbocycles. The topological polar surface area (TPSA) is 59.2 Å². The van der Waals surface area contributed by atoms with Crippen LogP contribution in [0, 0.1) is 0 Å². The molecule has 3 rings (SSSR count). The summed E-state index contributed by atoms with van der Waals surface area (Å²) in [4.78, 5) is 18.6. The van der Waals surface area contributed by atoms with Gasteiger partial charge in [0.05, 0.1) is 4.87 Å². The number of thioether (sulfide) groups is 1. The Hall–Kier alpha value is -1.23. The van der Waals surface area contributed by atoms with Crippen LogP contribution in [-0.2, 0) is 0 Å². The fraction of sp³-hybridized carbons (Fsp3) is 0.500. The first-order valence-electron chi connectivity index (χ1n) is 5.90. The van der Waals surface area contributed by atoms with Crippen molar-refractivity contribution in [3.8, 4) is 0 Å². The molecule has 0 bridgehead atoms. The number of nitrogens with zero attached hydrogens (tertiary/aromatic N) is 2. The molecule has 2 N–H and O–H groups in total. The van der Waals surface area contributed by atoms with E-state index in [1.807, 2.05) is 16.7 Å². The molecule has 0 radical (unpaired) electrons. The van der Waals surface area contributed by atoms with Crippen molar-refractivity contribution in [3.05, 3.63) is 23.9 Å². The average Bonchev–Trinajstić information content (AvgIpc) is 2.72. The van der Waals surface area contributed by atoms with Crippen molar-refractivity contribution < 1.29 is 4.79 Å². The van der Waals surface area contributed by atoms with Gasteiger partial charge in [0, 0.05) is 12.3 Å². The molecule has 17 heavy (non-hydrogen) atoms. The molecule has 2 heterocycles. The number of nitrogens with two attached hydrogens (primary N) is 1. The molecule has 1 aromatic rings. The molecule has 1 amide bonds. The van der Waals surface area contributed by atoms with Crippen LogP contribution >= 0.6 is 11.8 Å². The summed E-state index contributed by atoms with van der Waals surface area (Å²) in [6, 6.07) is 5.23. The molecule has 1 spiro atoms. The summed E-state index contributed by atoms with van der Waals surface area (Å²) in [6.07, 6.45) is 3.46. The predicted octanol–water partition coefficient (Wildman–Crippen LogP) is 1.73. The normalized spacial score (nSPS) is 21.5. The first kappa shape index (κ1) is 10.9. The van der Waals surface area contributed by atoms with Crippen LogP contribution in [0.5, 0.6) is 0 Å². The molecule has 1 aromatic heterocycles. The summed E-state index contributed by atoms with van der Waals surface area (Å²) >= 11 is 1.91. The largest absolute Gasteiger partial charge is 0.384 e. The van der Waals surface area contributed by atoms with Crippen molar-refractivity contribution in [1.29, 1.82) is 0 Å². The van der Waals surface area contributed by atoms with Gasteiger partial charge in [-0.1, -0.05) is 6.07 Å². The van der Waals surface area contributed by atoms with Crippen LogP contribution in [0.25, 0.3) is 0 Å².